The highest BCUT2D eigenvalue weighted by atomic mass is 35.6. The van der Waals surface area contributed by atoms with E-state index in [2.05, 4.69) is 27.7 Å². The van der Waals surface area contributed by atoms with Gasteiger partial charge in [0.2, 0.25) is 3.79 Å². The van der Waals surface area contributed by atoms with Crippen LogP contribution in [0.1, 0.15) is 32.1 Å². The van der Waals surface area contributed by atoms with Gasteiger partial charge in [0, 0.05) is 13.1 Å². The number of hydrogen-bond donors (Lipinski definition) is 1. The summed E-state index contributed by atoms with van der Waals surface area (Å²) >= 11 is 21.9. The van der Waals surface area contributed by atoms with Crippen molar-refractivity contribution in [2.24, 2.45) is 4.99 Å². The largest absolute Gasteiger partial charge is 0.335 e. The highest BCUT2D eigenvalue weighted by Gasteiger charge is 2.38. The van der Waals surface area contributed by atoms with E-state index in [1.807, 2.05) is 0 Å². The Morgan fingerprint density at radius 2 is 2.00 bits per heavy atom. The van der Waals surface area contributed by atoms with Crippen molar-refractivity contribution in [2.45, 2.75) is 48.1 Å². The minimum Gasteiger partial charge on any atom is -0.335 e. The number of amides is 2. The summed E-state index contributed by atoms with van der Waals surface area (Å²) in [6.45, 7) is 0. The van der Waals surface area contributed by atoms with Crippen LogP contribution in [0.25, 0.3) is 0 Å². The molecule has 1 unspecified atom stereocenters. The summed E-state index contributed by atoms with van der Waals surface area (Å²) in [5.41, 5.74) is 0. The number of rotatable bonds is 3. The van der Waals surface area contributed by atoms with Crippen molar-refractivity contribution in [1.82, 2.24) is 10.2 Å². The number of nitrogens with one attached hydrogen (secondary N) is 1. The van der Waals surface area contributed by atoms with Gasteiger partial charge in [0.05, 0.1) is 5.16 Å². The summed E-state index contributed by atoms with van der Waals surface area (Å²) in [6.07, 6.45) is 4.44. The number of aliphatic imine (C=N–C) groups is 1. The fourth-order valence-corrected chi connectivity index (χ4v) is 2.75. The van der Waals surface area contributed by atoms with Gasteiger partial charge in [-0.1, -0.05) is 54.1 Å². The minimum absolute atomic E-state index is 0.177. The van der Waals surface area contributed by atoms with Crippen LogP contribution in [0.4, 0.5) is 4.79 Å². The molecule has 108 valence electrons. The first kappa shape index (κ1) is 17.0. The molecule has 1 atom stereocenters. The predicted octanol–water partition coefficient (Wildman–Crippen LogP) is 3.76. The number of alkyl halides is 3. The number of carbonyl (C=O) groups is 1. The third kappa shape index (κ3) is 5.44. The molecular formula is C11H16Cl3N3OS. The number of urea groups is 1. The number of nitrogens with zero attached hydrogens (tertiary/aromatic N) is 2. The Bertz CT molecular complexity index is 363. The molecule has 0 saturated heterocycles. The molecule has 4 nitrogen and oxygen atoms in total. The fraction of sp³-hybridized carbons (Fsp3) is 0.818. The average molecular weight is 345 g/mol. The topological polar surface area (TPSA) is 44.7 Å². The van der Waals surface area contributed by atoms with Crippen LogP contribution in [0.2, 0.25) is 0 Å². The molecule has 1 rings (SSSR count). The Morgan fingerprint density at radius 3 is 2.47 bits per heavy atom. The smallest absolute Gasteiger partial charge is 0.319 e. The van der Waals surface area contributed by atoms with Crippen molar-refractivity contribution >= 4 is 58.2 Å². The van der Waals surface area contributed by atoms with Gasteiger partial charge in [-0.3, -0.25) is 0 Å². The van der Waals surface area contributed by atoms with Crippen LogP contribution in [0, 0.1) is 0 Å². The van der Waals surface area contributed by atoms with Crippen LogP contribution in [0.15, 0.2) is 4.99 Å². The van der Waals surface area contributed by atoms with E-state index in [1.54, 1.807) is 0 Å². The summed E-state index contributed by atoms with van der Waals surface area (Å²) in [6, 6.07) is -0.145. The van der Waals surface area contributed by atoms with E-state index >= 15 is 0 Å². The maximum atomic E-state index is 12.1. The second kappa shape index (κ2) is 7.65. The number of thiocarbonyl (C=S) groups is 1. The summed E-state index contributed by atoms with van der Waals surface area (Å²) in [4.78, 5) is 17.1. The molecule has 0 aromatic carbocycles. The van der Waals surface area contributed by atoms with Crippen LogP contribution in [0.3, 0.4) is 0 Å². The van der Waals surface area contributed by atoms with Crippen LogP contribution in [0.5, 0.6) is 0 Å². The average Bonchev–Trinajstić information content (AvgIpc) is 2.35. The molecule has 2 amide bonds. The fourth-order valence-electron chi connectivity index (χ4n) is 2.06. The Morgan fingerprint density at radius 1 is 1.42 bits per heavy atom. The maximum absolute atomic E-state index is 12.1. The summed E-state index contributed by atoms with van der Waals surface area (Å²) in [5.74, 6) is 0. The minimum atomic E-state index is -1.75. The molecule has 0 radical (unpaired) electrons. The summed E-state index contributed by atoms with van der Waals surface area (Å²) < 4.78 is -1.75. The Balaban J connectivity index is 2.65. The van der Waals surface area contributed by atoms with Gasteiger partial charge in [-0.05, 0) is 25.1 Å². The molecule has 0 bridgehead atoms. The van der Waals surface area contributed by atoms with Crippen LogP contribution in [-0.4, -0.2) is 39.1 Å². The van der Waals surface area contributed by atoms with Crippen molar-refractivity contribution in [3.05, 3.63) is 0 Å². The van der Waals surface area contributed by atoms with Crippen molar-refractivity contribution in [3.8, 4) is 0 Å². The van der Waals surface area contributed by atoms with Gasteiger partial charge in [0.25, 0.3) is 0 Å². The summed E-state index contributed by atoms with van der Waals surface area (Å²) in [5, 5.41) is 5.07. The van der Waals surface area contributed by atoms with E-state index in [0.29, 0.717) is 0 Å². The van der Waals surface area contributed by atoms with Gasteiger partial charge in [0.15, 0.2) is 6.17 Å². The molecular weight excluding hydrogens is 329 g/mol. The molecule has 0 heterocycles. The third-order valence-corrected chi connectivity index (χ3v) is 3.78. The van der Waals surface area contributed by atoms with E-state index in [9.17, 15) is 4.79 Å². The number of isothiocyanates is 1. The highest BCUT2D eigenvalue weighted by molar-refractivity contribution is 7.78. The zero-order valence-corrected chi connectivity index (χ0v) is 13.6. The lowest BCUT2D eigenvalue weighted by molar-refractivity contribution is 0.185. The van der Waals surface area contributed by atoms with Gasteiger partial charge in [-0.15, -0.1) is 0 Å². The second-order valence-electron chi connectivity index (χ2n) is 4.53. The van der Waals surface area contributed by atoms with Gasteiger partial charge in [-0.2, -0.15) is 0 Å². The third-order valence-electron chi connectivity index (χ3n) is 3.09. The van der Waals surface area contributed by atoms with Gasteiger partial charge in [-0.25, -0.2) is 9.79 Å². The van der Waals surface area contributed by atoms with Crippen molar-refractivity contribution < 1.29 is 4.79 Å². The zero-order valence-electron chi connectivity index (χ0n) is 10.5. The first-order chi connectivity index (χ1) is 8.86. The quantitative estimate of drug-likeness (QED) is 0.481. The molecule has 8 heteroatoms. The lowest BCUT2D eigenvalue weighted by Gasteiger charge is -2.31. The van der Waals surface area contributed by atoms with Crippen molar-refractivity contribution in [1.29, 1.82) is 0 Å². The number of hydrogen-bond acceptors (Lipinski definition) is 3. The van der Waals surface area contributed by atoms with E-state index in [4.69, 9.17) is 34.8 Å². The van der Waals surface area contributed by atoms with Gasteiger partial charge < -0.3 is 10.2 Å². The van der Waals surface area contributed by atoms with Crippen LogP contribution in [-0.2, 0) is 0 Å². The molecule has 1 aliphatic carbocycles. The van der Waals surface area contributed by atoms with E-state index in [1.165, 1.54) is 18.4 Å². The number of carbonyl (C=O) groups excluding carboxylic acids is 1. The Hall–Kier alpha value is -0.0600. The number of halogens is 3. The lowest BCUT2D eigenvalue weighted by Crippen LogP contribution is -2.51. The van der Waals surface area contributed by atoms with E-state index in [-0.39, 0.29) is 12.1 Å². The summed E-state index contributed by atoms with van der Waals surface area (Å²) in [7, 11) is 1.51. The molecule has 19 heavy (non-hydrogen) atoms. The van der Waals surface area contributed by atoms with Crippen LogP contribution >= 0.6 is 47.0 Å². The normalized spacial score (nSPS) is 18.3. The van der Waals surface area contributed by atoms with E-state index in [0.717, 1.165) is 25.7 Å². The first-order valence-corrected chi connectivity index (χ1v) is 7.57. The molecule has 1 saturated carbocycles. The SMILES string of the molecule is CN(C(=O)NC1CCCCC1)C(N=C=S)C(Cl)(Cl)Cl. The van der Waals surface area contributed by atoms with E-state index < -0.39 is 9.96 Å². The van der Waals surface area contributed by atoms with Crippen molar-refractivity contribution in [3.63, 3.8) is 0 Å². The zero-order chi connectivity index (χ0) is 14.5. The molecule has 0 aliphatic heterocycles. The molecule has 0 spiro atoms. The molecule has 0 aromatic heterocycles. The molecule has 1 aliphatic rings. The molecule has 0 aromatic rings. The standard InChI is InChI=1S/C11H16Cl3N3OS/c1-17(9(15-7-19)11(12,13)14)10(18)16-8-5-3-2-4-6-8/h8-9H,2-6H2,1H3,(H,16,18). The maximum Gasteiger partial charge on any atom is 0.319 e. The van der Waals surface area contributed by atoms with Crippen molar-refractivity contribution in [2.75, 3.05) is 7.05 Å². The highest BCUT2D eigenvalue weighted by Crippen LogP contribution is 2.33. The Kier molecular flexibility index (Phi) is 6.84. The monoisotopic (exact) mass is 343 g/mol. The predicted molar refractivity (Wildman–Crippen MR) is 82.3 cm³/mol. The van der Waals surface area contributed by atoms with Gasteiger partial charge >= 0.3 is 6.03 Å². The van der Waals surface area contributed by atoms with Gasteiger partial charge in [0.1, 0.15) is 0 Å². The lowest BCUT2D eigenvalue weighted by atomic mass is 9.96. The Labute approximate surface area is 133 Å². The second-order valence-corrected chi connectivity index (χ2v) is 7.08. The molecule has 1 fully saturated rings. The van der Waals surface area contributed by atoms with Crippen LogP contribution < -0.4 is 5.32 Å². The first-order valence-electron chi connectivity index (χ1n) is 6.03. The molecule has 1 N–H and O–H groups in total.